The summed E-state index contributed by atoms with van der Waals surface area (Å²) in [4.78, 5) is 0. The summed E-state index contributed by atoms with van der Waals surface area (Å²) in [5.41, 5.74) is 1.48. The first kappa shape index (κ1) is 17.0. The van der Waals surface area contributed by atoms with Crippen molar-refractivity contribution in [2.75, 3.05) is 6.54 Å². The summed E-state index contributed by atoms with van der Waals surface area (Å²) < 4.78 is 0. The lowest BCUT2D eigenvalue weighted by molar-refractivity contribution is 0.320. The van der Waals surface area contributed by atoms with Crippen molar-refractivity contribution < 1.29 is 0 Å². The average Bonchev–Trinajstić information content (AvgIpc) is 2.48. The Bertz CT molecular complexity index is 357. The van der Waals surface area contributed by atoms with Crippen LogP contribution in [0.3, 0.4) is 0 Å². The van der Waals surface area contributed by atoms with Crippen molar-refractivity contribution in [3.63, 3.8) is 0 Å². The maximum atomic E-state index is 3.84. The van der Waals surface area contributed by atoms with E-state index in [1.165, 1.54) is 24.8 Å². The molecular weight excluding hydrogens is 242 g/mol. The Labute approximate surface area is 125 Å². The number of nitrogens with one attached hydrogen (secondary N) is 1. The molecule has 0 spiro atoms. The van der Waals surface area contributed by atoms with Gasteiger partial charge in [0, 0.05) is 12.0 Å². The highest BCUT2D eigenvalue weighted by molar-refractivity contribution is 5.22. The van der Waals surface area contributed by atoms with Gasteiger partial charge in [-0.2, -0.15) is 0 Å². The fourth-order valence-corrected chi connectivity index (χ4v) is 3.04. The molecule has 1 aromatic rings. The minimum atomic E-state index is 0.567. The molecule has 0 saturated carbocycles. The minimum Gasteiger partial charge on any atom is -0.314 e. The van der Waals surface area contributed by atoms with Gasteiger partial charge in [-0.3, -0.25) is 0 Å². The molecule has 0 saturated heterocycles. The SMILES string of the molecule is C=CCCCC(NCC)C(c1ccccc1)C(C)CC. The summed E-state index contributed by atoms with van der Waals surface area (Å²) >= 11 is 0. The quantitative estimate of drug-likeness (QED) is 0.459. The van der Waals surface area contributed by atoms with Crippen molar-refractivity contribution in [3.05, 3.63) is 48.6 Å². The van der Waals surface area contributed by atoms with E-state index in [2.05, 4.69) is 63.0 Å². The van der Waals surface area contributed by atoms with Crippen LogP contribution in [0.4, 0.5) is 0 Å². The lowest BCUT2D eigenvalue weighted by atomic mass is 9.78. The third kappa shape index (κ3) is 5.13. The molecule has 1 nitrogen and oxygen atoms in total. The summed E-state index contributed by atoms with van der Waals surface area (Å²) in [6.07, 6.45) is 6.82. The van der Waals surface area contributed by atoms with Gasteiger partial charge in [0.15, 0.2) is 0 Å². The zero-order valence-electron chi connectivity index (χ0n) is 13.4. The van der Waals surface area contributed by atoms with E-state index in [9.17, 15) is 0 Å². The number of benzene rings is 1. The van der Waals surface area contributed by atoms with Crippen molar-refractivity contribution in [3.8, 4) is 0 Å². The highest BCUT2D eigenvalue weighted by atomic mass is 14.9. The first-order valence-electron chi connectivity index (χ1n) is 8.13. The van der Waals surface area contributed by atoms with E-state index in [1.807, 2.05) is 6.08 Å². The molecule has 0 fully saturated rings. The van der Waals surface area contributed by atoms with Gasteiger partial charge in [0.05, 0.1) is 0 Å². The molecule has 3 unspecified atom stereocenters. The third-order valence-electron chi connectivity index (χ3n) is 4.26. The summed E-state index contributed by atoms with van der Waals surface area (Å²) in [5.74, 6) is 1.30. The van der Waals surface area contributed by atoms with Crippen LogP contribution in [-0.4, -0.2) is 12.6 Å². The molecule has 0 heterocycles. The van der Waals surface area contributed by atoms with Crippen LogP contribution in [0.1, 0.15) is 57.9 Å². The topological polar surface area (TPSA) is 12.0 Å². The van der Waals surface area contributed by atoms with Crippen LogP contribution >= 0.6 is 0 Å². The Balaban J connectivity index is 2.89. The van der Waals surface area contributed by atoms with Gasteiger partial charge >= 0.3 is 0 Å². The molecule has 0 bridgehead atoms. The smallest absolute Gasteiger partial charge is 0.0138 e. The Morgan fingerprint density at radius 3 is 2.45 bits per heavy atom. The van der Waals surface area contributed by atoms with E-state index in [1.54, 1.807) is 0 Å². The van der Waals surface area contributed by atoms with Crippen LogP contribution in [0.5, 0.6) is 0 Å². The lowest BCUT2D eigenvalue weighted by Crippen LogP contribution is -2.37. The van der Waals surface area contributed by atoms with Gasteiger partial charge in [-0.05, 0) is 37.3 Å². The number of allylic oxidation sites excluding steroid dienone is 1. The first-order chi connectivity index (χ1) is 9.74. The van der Waals surface area contributed by atoms with Gasteiger partial charge in [-0.15, -0.1) is 6.58 Å². The fraction of sp³-hybridized carbons (Fsp3) is 0.579. The first-order valence-corrected chi connectivity index (χ1v) is 8.13. The molecule has 0 amide bonds. The van der Waals surface area contributed by atoms with Crippen LogP contribution in [0, 0.1) is 5.92 Å². The summed E-state index contributed by atoms with van der Waals surface area (Å²) in [7, 11) is 0. The predicted molar refractivity (Wildman–Crippen MR) is 90.2 cm³/mol. The number of hydrogen-bond acceptors (Lipinski definition) is 1. The number of hydrogen-bond donors (Lipinski definition) is 1. The van der Waals surface area contributed by atoms with Gasteiger partial charge in [0.25, 0.3) is 0 Å². The zero-order chi connectivity index (χ0) is 14.8. The average molecular weight is 273 g/mol. The van der Waals surface area contributed by atoms with E-state index in [4.69, 9.17) is 0 Å². The number of rotatable bonds is 10. The summed E-state index contributed by atoms with van der Waals surface area (Å²) in [6.45, 7) is 11.8. The maximum Gasteiger partial charge on any atom is 0.0138 e. The van der Waals surface area contributed by atoms with E-state index >= 15 is 0 Å². The molecule has 0 aromatic heterocycles. The molecule has 1 rings (SSSR count). The fourth-order valence-electron chi connectivity index (χ4n) is 3.04. The van der Waals surface area contributed by atoms with Crippen molar-refractivity contribution in [1.82, 2.24) is 5.32 Å². The van der Waals surface area contributed by atoms with Crippen molar-refractivity contribution in [2.45, 2.75) is 58.4 Å². The number of unbranched alkanes of at least 4 members (excludes halogenated alkanes) is 1. The second-order valence-electron chi connectivity index (χ2n) is 5.71. The summed E-state index contributed by atoms with van der Waals surface area (Å²) in [6, 6.07) is 11.6. The van der Waals surface area contributed by atoms with Crippen LogP contribution in [0.15, 0.2) is 43.0 Å². The lowest BCUT2D eigenvalue weighted by Gasteiger charge is -2.33. The highest BCUT2D eigenvalue weighted by Gasteiger charge is 2.26. The molecular formula is C19H31N. The van der Waals surface area contributed by atoms with Crippen LogP contribution in [0.25, 0.3) is 0 Å². The zero-order valence-corrected chi connectivity index (χ0v) is 13.4. The monoisotopic (exact) mass is 273 g/mol. The molecule has 0 radical (unpaired) electrons. The number of likely N-dealkylation sites (N-methyl/N-ethyl adjacent to an activating group) is 1. The van der Waals surface area contributed by atoms with Gasteiger partial charge in [-0.1, -0.05) is 63.6 Å². The second-order valence-corrected chi connectivity index (χ2v) is 5.71. The molecule has 3 atom stereocenters. The minimum absolute atomic E-state index is 0.567. The molecule has 112 valence electrons. The second kappa shape index (κ2) is 9.77. The van der Waals surface area contributed by atoms with Crippen LogP contribution in [0.2, 0.25) is 0 Å². The van der Waals surface area contributed by atoms with E-state index < -0.39 is 0 Å². The van der Waals surface area contributed by atoms with Crippen molar-refractivity contribution >= 4 is 0 Å². The van der Waals surface area contributed by atoms with Crippen molar-refractivity contribution in [2.24, 2.45) is 5.92 Å². The Morgan fingerprint density at radius 2 is 1.90 bits per heavy atom. The molecule has 1 N–H and O–H groups in total. The molecule has 1 aromatic carbocycles. The largest absolute Gasteiger partial charge is 0.314 e. The van der Waals surface area contributed by atoms with Gasteiger partial charge in [0.2, 0.25) is 0 Å². The normalized spacial score (nSPS) is 15.6. The highest BCUT2D eigenvalue weighted by Crippen LogP contribution is 2.32. The van der Waals surface area contributed by atoms with Gasteiger partial charge in [0.1, 0.15) is 0 Å². The van der Waals surface area contributed by atoms with Gasteiger partial charge in [-0.25, -0.2) is 0 Å². The van der Waals surface area contributed by atoms with E-state index in [0.717, 1.165) is 13.0 Å². The van der Waals surface area contributed by atoms with E-state index in [-0.39, 0.29) is 0 Å². The molecule has 1 heteroatoms. The summed E-state index contributed by atoms with van der Waals surface area (Å²) in [5, 5.41) is 3.72. The predicted octanol–water partition coefficient (Wildman–Crippen LogP) is 5.15. The third-order valence-corrected chi connectivity index (χ3v) is 4.26. The molecule has 0 aliphatic rings. The van der Waals surface area contributed by atoms with Crippen LogP contribution < -0.4 is 5.32 Å². The standard InChI is InChI=1S/C19H31N/c1-5-8-10-15-18(20-7-3)19(16(4)6-2)17-13-11-9-12-14-17/h5,9,11-14,16,18-20H,1,6-8,10,15H2,2-4H3. The molecule has 0 aliphatic carbocycles. The Morgan fingerprint density at radius 1 is 1.20 bits per heavy atom. The Kier molecular flexibility index (Phi) is 8.29. The van der Waals surface area contributed by atoms with Crippen LogP contribution in [-0.2, 0) is 0 Å². The van der Waals surface area contributed by atoms with Crippen molar-refractivity contribution in [1.29, 1.82) is 0 Å². The molecule has 20 heavy (non-hydrogen) atoms. The van der Waals surface area contributed by atoms with E-state index in [0.29, 0.717) is 17.9 Å². The van der Waals surface area contributed by atoms with Gasteiger partial charge < -0.3 is 5.32 Å². The molecule has 0 aliphatic heterocycles. The maximum absolute atomic E-state index is 3.84. The Hall–Kier alpha value is -1.08.